The van der Waals surface area contributed by atoms with Crippen LogP contribution < -0.4 is 0 Å². The first-order chi connectivity index (χ1) is 22.1. The fourth-order valence-corrected chi connectivity index (χ4v) is 4.28. The number of nitrogens with zero attached hydrogens (tertiary/aromatic N) is 4. The molecule has 0 radical (unpaired) electrons. The maximum Gasteiger partial charge on any atom is 0.338 e. The number of rotatable bonds is 21. The monoisotopic (exact) mass is 642 g/mol. The van der Waals surface area contributed by atoms with Crippen molar-refractivity contribution >= 4 is 35.7 Å². The van der Waals surface area contributed by atoms with Crippen LogP contribution in [0.2, 0.25) is 0 Å². The largest absolute Gasteiger partial charge is 0.502 e. The van der Waals surface area contributed by atoms with Gasteiger partial charge in [0.05, 0.1) is 34.2 Å². The van der Waals surface area contributed by atoms with Crippen LogP contribution in [-0.2, 0) is 9.47 Å². The summed E-state index contributed by atoms with van der Waals surface area (Å²) < 4.78 is 10.4. The molecule has 14 nitrogen and oxygen atoms in total. The number of unbranched alkanes of at least 4 members (excludes halogenated alkanes) is 7. The molecule has 2 N–H and O–H groups in total. The number of carbonyl (C=O) groups is 2. The van der Waals surface area contributed by atoms with Gasteiger partial charge in [-0.15, -0.1) is 0 Å². The van der Waals surface area contributed by atoms with Gasteiger partial charge in [-0.05, 0) is 37.8 Å². The Morgan fingerprint density at radius 3 is 1.41 bits per heavy atom. The average Bonchev–Trinajstić information content (AvgIpc) is 3.02. The number of phenolic OH excluding ortho intramolecular Hbond substituents is 2. The second-order valence-corrected chi connectivity index (χ2v) is 10.6. The number of nitro benzene ring substituents is 2. The molecule has 0 atom stereocenters. The minimum absolute atomic E-state index is 0.00147. The third kappa shape index (κ3) is 12.3. The van der Waals surface area contributed by atoms with Crippen molar-refractivity contribution < 1.29 is 39.1 Å². The van der Waals surface area contributed by atoms with Gasteiger partial charge in [-0.25, -0.2) is 9.59 Å². The molecule has 14 heteroatoms. The summed E-state index contributed by atoms with van der Waals surface area (Å²) in [5.74, 6) is -2.69. The van der Waals surface area contributed by atoms with Crippen molar-refractivity contribution in [1.29, 1.82) is 0 Å². The van der Waals surface area contributed by atoms with E-state index in [4.69, 9.17) is 9.47 Å². The molecule has 0 bridgehead atoms. The van der Waals surface area contributed by atoms with Gasteiger partial charge in [-0.2, -0.15) is 0 Å². The van der Waals surface area contributed by atoms with E-state index in [0.717, 1.165) is 50.7 Å². The normalized spacial score (nSPS) is 11.3. The predicted octanol–water partition coefficient (Wildman–Crippen LogP) is 6.71. The van der Waals surface area contributed by atoms with Crippen molar-refractivity contribution in [2.45, 2.75) is 78.1 Å². The van der Waals surface area contributed by atoms with Crippen molar-refractivity contribution in [1.82, 2.24) is 0 Å². The minimum Gasteiger partial charge on any atom is -0.502 e. The van der Waals surface area contributed by atoms with Gasteiger partial charge < -0.3 is 19.7 Å². The fraction of sp³-hybridized carbons (Fsp3) is 0.500. The Kier molecular flexibility index (Phi) is 16.4. The van der Waals surface area contributed by atoms with Gasteiger partial charge in [0.25, 0.3) is 0 Å². The molecule has 2 aromatic carbocycles. The molecule has 0 aromatic heterocycles. The third-order valence-electron chi connectivity index (χ3n) is 6.85. The van der Waals surface area contributed by atoms with E-state index < -0.39 is 44.7 Å². The van der Waals surface area contributed by atoms with Gasteiger partial charge >= 0.3 is 23.3 Å². The van der Waals surface area contributed by atoms with E-state index in [1.807, 2.05) is 0 Å². The van der Waals surface area contributed by atoms with Gasteiger partial charge in [0.1, 0.15) is 0 Å². The molecule has 2 rings (SSSR count). The topological polar surface area (TPSA) is 204 Å². The summed E-state index contributed by atoms with van der Waals surface area (Å²) in [6, 6.07) is 4.51. The van der Waals surface area contributed by atoms with Crippen LogP contribution >= 0.6 is 0 Å². The molecule has 0 fully saturated rings. The van der Waals surface area contributed by atoms with Crippen LogP contribution in [0.4, 0.5) is 11.4 Å². The highest BCUT2D eigenvalue weighted by Crippen LogP contribution is 2.32. The highest BCUT2D eigenvalue weighted by Gasteiger charge is 2.23. The highest BCUT2D eigenvalue weighted by atomic mass is 16.6. The quantitative estimate of drug-likeness (QED) is 0.0484. The van der Waals surface area contributed by atoms with E-state index in [-0.39, 0.29) is 48.6 Å². The third-order valence-corrected chi connectivity index (χ3v) is 6.85. The minimum atomic E-state index is -0.789. The Labute approximate surface area is 267 Å². The standard InChI is InChI=1S/C32H42N4O10/c1-3-5-7-11-15-45-31(39)23-17-25(29(37)27(19-23)35(41)42)21-33-13-9-10-14-34-22-26-18-24(20-28(30(26)38)36(43)44)32(40)46-16-12-8-6-4-2/h17-22,37-38H,3-16H2,1-2H3. The van der Waals surface area contributed by atoms with E-state index in [2.05, 4.69) is 23.8 Å². The second-order valence-electron chi connectivity index (χ2n) is 10.6. The van der Waals surface area contributed by atoms with Crippen LogP contribution in [-0.4, -0.2) is 70.7 Å². The smallest absolute Gasteiger partial charge is 0.338 e. The van der Waals surface area contributed by atoms with Gasteiger partial charge in [0.2, 0.25) is 11.5 Å². The summed E-state index contributed by atoms with van der Waals surface area (Å²) in [7, 11) is 0. The maximum absolute atomic E-state index is 12.4. The van der Waals surface area contributed by atoms with Gasteiger partial charge in [0.15, 0.2) is 0 Å². The Morgan fingerprint density at radius 1 is 0.674 bits per heavy atom. The number of nitro groups is 2. The molecule has 0 saturated heterocycles. The van der Waals surface area contributed by atoms with Crippen molar-refractivity contribution in [2.75, 3.05) is 26.3 Å². The van der Waals surface area contributed by atoms with E-state index in [9.17, 15) is 40.0 Å². The first-order valence-electron chi connectivity index (χ1n) is 15.5. The predicted molar refractivity (Wildman–Crippen MR) is 173 cm³/mol. The summed E-state index contributed by atoms with van der Waals surface area (Å²) in [6.07, 6.45) is 10.8. The zero-order valence-corrected chi connectivity index (χ0v) is 26.3. The molecule has 46 heavy (non-hydrogen) atoms. The van der Waals surface area contributed by atoms with Crippen LogP contribution in [0.5, 0.6) is 11.5 Å². The van der Waals surface area contributed by atoms with Gasteiger partial charge in [0, 0.05) is 48.8 Å². The molecule has 0 saturated carbocycles. The average molecular weight is 643 g/mol. The Bertz CT molecular complexity index is 1300. The van der Waals surface area contributed by atoms with Crippen molar-refractivity contribution in [2.24, 2.45) is 9.98 Å². The Hall–Kier alpha value is -4.88. The first-order valence-corrected chi connectivity index (χ1v) is 15.5. The SMILES string of the molecule is CCCCCCOC(=O)c1cc(C=NCCCCN=Cc2cc(C(=O)OCCCCCC)cc([N+](=O)[O-])c2O)c(O)c([N+](=O)[O-])c1. The van der Waals surface area contributed by atoms with Gasteiger partial charge in [-0.1, -0.05) is 52.4 Å². The molecule has 0 aliphatic carbocycles. The zero-order valence-electron chi connectivity index (χ0n) is 26.3. The van der Waals surface area contributed by atoms with Crippen LogP contribution in [0.25, 0.3) is 0 Å². The van der Waals surface area contributed by atoms with Crippen molar-refractivity contribution in [3.63, 3.8) is 0 Å². The lowest BCUT2D eigenvalue weighted by Gasteiger charge is -2.07. The summed E-state index contributed by atoms with van der Waals surface area (Å²) in [6.45, 7) is 5.03. The number of esters is 2. The van der Waals surface area contributed by atoms with Gasteiger partial charge in [-0.3, -0.25) is 30.2 Å². The molecule has 0 aliphatic rings. The molecule has 2 aromatic rings. The number of carbonyl (C=O) groups excluding carboxylic acids is 2. The second kappa shape index (κ2) is 20.2. The van der Waals surface area contributed by atoms with Crippen LogP contribution in [0.1, 0.15) is 110 Å². The lowest BCUT2D eigenvalue weighted by atomic mass is 10.1. The number of ether oxygens (including phenoxy) is 2. The number of phenols is 2. The van der Waals surface area contributed by atoms with Crippen LogP contribution in [0.15, 0.2) is 34.3 Å². The van der Waals surface area contributed by atoms with E-state index in [1.165, 1.54) is 24.6 Å². The lowest BCUT2D eigenvalue weighted by molar-refractivity contribution is -0.386. The fourth-order valence-electron chi connectivity index (χ4n) is 4.28. The Morgan fingerprint density at radius 2 is 1.07 bits per heavy atom. The maximum atomic E-state index is 12.4. The van der Waals surface area contributed by atoms with Crippen molar-refractivity contribution in [3.8, 4) is 11.5 Å². The number of benzene rings is 2. The van der Waals surface area contributed by atoms with E-state index in [0.29, 0.717) is 25.7 Å². The number of hydrogen-bond donors (Lipinski definition) is 2. The zero-order chi connectivity index (χ0) is 33.9. The number of aromatic hydroxyl groups is 2. The molecule has 0 amide bonds. The van der Waals surface area contributed by atoms with Crippen LogP contribution in [0.3, 0.4) is 0 Å². The molecule has 0 unspecified atom stereocenters. The first kappa shape index (κ1) is 37.3. The number of aliphatic imine (C=N–C) groups is 2. The lowest BCUT2D eigenvalue weighted by Crippen LogP contribution is -2.08. The Balaban J connectivity index is 1.97. The molecule has 0 heterocycles. The molecular formula is C32H42N4O10. The van der Waals surface area contributed by atoms with E-state index >= 15 is 0 Å². The molecule has 0 spiro atoms. The van der Waals surface area contributed by atoms with Crippen molar-refractivity contribution in [3.05, 3.63) is 66.7 Å². The summed E-state index contributed by atoms with van der Waals surface area (Å²) in [5.41, 5.74) is -1.40. The summed E-state index contributed by atoms with van der Waals surface area (Å²) >= 11 is 0. The highest BCUT2D eigenvalue weighted by molar-refractivity contribution is 5.96. The molecule has 250 valence electrons. The summed E-state index contributed by atoms with van der Waals surface area (Å²) in [4.78, 5) is 54.5. The van der Waals surface area contributed by atoms with Crippen LogP contribution in [0, 0.1) is 20.2 Å². The molecular weight excluding hydrogens is 600 g/mol. The molecule has 0 aliphatic heterocycles. The number of hydrogen-bond acceptors (Lipinski definition) is 12. The summed E-state index contributed by atoms with van der Waals surface area (Å²) in [5, 5.41) is 43.5. The van der Waals surface area contributed by atoms with E-state index in [1.54, 1.807) is 0 Å².